The zero-order valence-corrected chi connectivity index (χ0v) is 11.2. The molecule has 0 aliphatic rings. The van der Waals surface area contributed by atoms with Crippen molar-refractivity contribution in [1.82, 2.24) is 15.5 Å². The minimum Gasteiger partial charge on any atom is -0.465 e. The van der Waals surface area contributed by atoms with Gasteiger partial charge in [0.25, 0.3) is 0 Å². The van der Waals surface area contributed by atoms with Crippen molar-refractivity contribution >= 4 is 0 Å². The minimum atomic E-state index is 0.125. The largest absolute Gasteiger partial charge is 0.465 e. The standard InChI is InChI=1S/C13H19N3O2/c1-8(2)13-15-12(16-18-13)7-14-10(4)11-6-5-9(3)17-11/h5-6,8,10,14H,7H2,1-4H3/t10-/m1/s1. The van der Waals surface area contributed by atoms with Gasteiger partial charge in [0.05, 0.1) is 12.6 Å². The van der Waals surface area contributed by atoms with E-state index in [0.717, 1.165) is 11.5 Å². The zero-order chi connectivity index (χ0) is 13.1. The Morgan fingerprint density at radius 2 is 2.06 bits per heavy atom. The molecular formula is C13H19N3O2. The predicted octanol–water partition coefficient (Wildman–Crippen LogP) is 2.95. The van der Waals surface area contributed by atoms with Gasteiger partial charge in [-0.1, -0.05) is 19.0 Å². The number of hydrogen-bond acceptors (Lipinski definition) is 5. The van der Waals surface area contributed by atoms with Crippen LogP contribution in [0, 0.1) is 6.92 Å². The molecule has 2 rings (SSSR count). The molecule has 5 heteroatoms. The van der Waals surface area contributed by atoms with Crippen LogP contribution < -0.4 is 5.32 Å². The van der Waals surface area contributed by atoms with Crippen molar-refractivity contribution in [3.8, 4) is 0 Å². The number of furan rings is 1. The summed E-state index contributed by atoms with van der Waals surface area (Å²) < 4.78 is 10.7. The van der Waals surface area contributed by atoms with Gasteiger partial charge in [-0.2, -0.15) is 4.98 Å². The van der Waals surface area contributed by atoms with E-state index < -0.39 is 0 Å². The molecule has 0 saturated carbocycles. The summed E-state index contributed by atoms with van der Waals surface area (Å²) in [5.74, 6) is 3.44. The van der Waals surface area contributed by atoms with Gasteiger partial charge in [-0.15, -0.1) is 0 Å². The SMILES string of the molecule is Cc1ccc([C@@H](C)NCc2noc(C(C)C)n2)o1. The Labute approximate surface area is 107 Å². The zero-order valence-electron chi connectivity index (χ0n) is 11.2. The molecule has 98 valence electrons. The first-order valence-electron chi connectivity index (χ1n) is 6.18. The highest BCUT2D eigenvalue weighted by molar-refractivity contribution is 5.09. The van der Waals surface area contributed by atoms with Crippen LogP contribution in [-0.2, 0) is 6.54 Å². The van der Waals surface area contributed by atoms with E-state index in [1.807, 2.05) is 39.8 Å². The lowest BCUT2D eigenvalue weighted by molar-refractivity contribution is 0.356. The summed E-state index contributed by atoms with van der Waals surface area (Å²) in [6.07, 6.45) is 0. The molecule has 0 unspecified atom stereocenters. The van der Waals surface area contributed by atoms with Gasteiger partial charge in [-0.05, 0) is 26.0 Å². The fraction of sp³-hybridized carbons (Fsp3) is 0.538. The average molecular weight is 249 g/mol. The molecule has 0 bridgehead atoms. The van der Waals surface area contributed by atoms with Crippen LogP contribution in [0.1, 0.15) is 56.0 Å². The van der Waals surface area contributed by atoms with Crippen molar-refractivity contribution < 1.29 is 8.94 Å². The van der Waals surface area contributed by atoms with E-state index in [4.69, 9.17) is 8.94 Å². The number of hydrogen-bond donors (Lipinski definition) is 1. The summed E-state index contributed by atoms with van der Waals surface area (Å²) >= 11 is 0. The number of nitrogens with zero attached hydrogens (tertiary/aromatic N) is 2. The molecule has 2 aromatic rings. The van der Waals surface area contributed by atoms with Crippen LogP contribution in [-0.4, -0.2) is 10.1 Å². The second-order valence-corrected chi connectivity index (χ2v) is 4.75. The molecule has 1 atom stereocenters. The summed E-state index contributed by atoms with van der Waals surface area (Å²) in [6.45, 7) is 8.60. The first-order chi connectivity index (χ1) is 8.56. The molecule has 0 saturated heterocycles. The topological polar surface area (TPSA) is 64.1 Å². The number of rotatable bonds is 5. The second kappa shape index (κ2) is 5.35. The quantitative estimate of drug-likeness (QED) is 0.882. The highest BCUT2D eigenvalue weighted by Gasteiger charge is 2.12. The molecule has 2 heterocycles. The van der Waals surface area contributed by atoms with E-state index in [1.165, 1.54) is 0 Å². The molecule has 0 spiro atoms. The maximum atomic E-state index is 5.55. The summed E-state index contributed by atoms with van der Waals surface area (Å²) in [7, 11) is 0. The Hall–Kier alpha value is -1.62. The van der Waals surface area contributed by atoms with Gasteiger partial charge in [-0.25, -0.2) is 0 Å². The van der Waals surface area contributed by atoms with Gasteiger partial charge in [0.15, 0.2) is 5.82 Å². The van der Waals surface area contributed by atoms with Crippen LogP contribution in [0.2, 0.25) is 0 Å². The molecule has 0 aromatic carbocycles. The third-order valence-electron chi connectivity index (χ3n) is 2.73. The molecular weight excluding hydrogens is 230 g/mol. The van der Waals surface area contributed by atoms with Gasteiger partial charge in [-0.3, -0.25) is 0 Å². The number of aromatic nitrogens is 2. The van der Waals surface area contributed by atoms with E-state index in [-0.39, 0.29) is 12.0 Å². The van der Waals surface area contributed by atoms with Crippen LogP contribution in [0.3, 0.4) is 0 Å². The normalized spacial score (nSPS) is 13.2. The first kappa shape index (κ1) is 12.8. The third-order valence-corrected chi connectivity index (χ3v) is 2.73. The van der Waals surface area contributed by atoms with Crippen molar-refractivity contribution in [3.05, 3.63) is 35.4 Å². The molecule has 5 nitrogen and oxygen atoms in total. The Bertz CT molecular complexity index is 502. The van der Waals surface area contributed by atoms with E-state index in [0.29, 0.717) is 18.3 Å². The summed E-state index contributed by atoms with van der Waals surface area (Å²) in [4.78, 5) is 4.31. The molecule has 0 radical (unpaired) electrons. The van der Waals surface area contributed by atoms with Crippen molar-refractivity contribution in [3.63, 3.8) is 0 Å². The maximum absolute atomic E-state index is 5.55. The number of aryl methyl sites for hydroxylation is 1. The van der Waals surface area contributed by atoms with Gasteiger partial charge >= 0.3 is 0 Å². The lowest BCUT2D eigenvalue weighted by Gasteiger charge is -2.08. The van der Waals surface area contributed by atoms with E-state index >= 15 is 0 Å². The Morgan fingerprint density at radius 3 is 2.61 bits per heavy atom. The van der Waals surface area contributed by atoms with Crippen molar-refractivity contribution in [1.29, 1.82) is 0 Å². The summed E-state index contributed by atoms with van der Waals surface area (Å²) in [6, 6.07) is 4.06. The fourth-order valence-corrected chi connectivity index (χ4v) is 1.60. The van der Waals surface area contributed by atoms with E-state index in [1.54, 1.807) is 0 Å². The first-order valence-corrected chi connectivity index (χ1v) is 6.18. The molecule has 18 heavy (non-hydrogen) atoms. The Kier molecular flexibility index (Phi) is 3.81. The highest BCUT2D eigenvalue weighted by Crippen LogP contribution is 2.16. The predicted molar refractivity (Wildman–Crippen MR) is 67.1 cm³/mol. The lowest BCUT2D eigenvalue weighted by atomic mass is 10.2. The fourth-order valence-electron chi connectivity index (χ4n) is 1.60. The number of nitrogens with one attached hydrogen (secondary N) is 1. The van der Waals surface area contributed by atoms with Crippen molar-refractivity contribution in [2.24, 2.45) is 0 Å². The third kappa shape index (κ3) is 2.98. The molecule has 0 amide bonds. The van der Waals surface area contributed by atoms with Crippen molar-refractivity contribution in [2.45, 2.75) is 46.2 Å². The summed E-state index contributed by atoms with van der Waals surface area (Å²) in [5.41, 5.74) is 0. The van der Waals surface area contributed by atoms with Crippen LogP contribution in [0.4, 0.5) is 0 Å². The van der Waals surface area contributed by atoms with Crippen molar-refractivity contribution in [2.75, 3.05) is 0 Å². The highest BCUT2D eigenvalue weighted by atomic mass is 16.5. The maximum Gasteiger partial charge on any atom is 0.229 e. The molecule has 0 aliphatic carbocycles. The average Bonchev–Trinajstić information content (AvgIpc) is 2.94. The van der Waals surface area contributed by atoms with Crippen LogP contribution in [0.5, 0.6) is 0 Å². The van der Waals surface area contributed by atoms with E-state index in [9.17, 15) is 0 Å². The van der Waals surface area contributed by atoms with Crippen LogP contribution in [0.15, 0.2) is 21.1 Å². The smallest absolute Gasteiger partial charge is 0.229 e. The molecule has 2 aromatic heterocycles. The van der Waals surface area contributed by atoms with Crippen LogP contribution in [0.25, 0.3) is 0 Å². The second-order valence-electron chi connectivity index (χ2n) is 4.75. The Balaban J connectivity index is 1.90. The molecule has 0 fully saturated rings. The lowest BCUT2D eigenvalue weighted by Crippen LogP contribution is -2.18. The van der Waals surface area contributed by atoms with E-state index in [2.05, 4.69) is 15.5 Å². The molecule has 0 aliphatic heterocycles. The van der Waals surface area contributed by atoms with Crippen LogP contribution >= 0.6 is 0 Å². The Morgan fingerprint density at radius 1 is 1.28 bits per heavy atom. The van der Waals surface area contributed by atoms with Gasteiger partial charge < -0.3 is 14.3 Å². The molecule has 1 N–H and O–H groups in total. The van der Waals surface area contributed by atoms with Gasteiger partial charge in [0, 0.05) is 5.92 Å². The minimum absolute atomic E-state index is 0.125. The van der Waals surface area contributed by atoms with Gasteiger partial charge in [0.1, 0.15) is 11.5 Å². The van der Waals surface area contributed by atoms with Gasteiger partial charge in [0.2, 0.25) is 5.89 Å². The monoisotopic (exact) mass is 249 g/mol. The summed E-state index contributed by atoms with van der Waals surface area (Å²) in [5, 5.41) is 7.23.